The van der Waals surface area contributed by atoms with E-state index in [0.717, 1.165) is 0 Å². The summed E-state index contributed by atoms with van der Waals surface area (Å²) in [5.41, 5.74) is 1.57. The Bertz CT molecular complexity index is 645. The maximum atomic E-state index is 12.2. The minimum Gasteiger partial charge on any atom is -0.489 e. The molecular weight excluding hydrogens is 292 g/mol. The molecule has 6 heteroatoms. The zero-order valence-corrected chi connectivity index (χ0v) is 13.1. The van der Waals surface area contributed by atoms with Crippen molar-refractivity contribution in [1.29, 1.82) is 0 Å². The van der Waals surface area contributed by atoms with Gasteiger partial charge in [0, 0.05) is 5.69 Å². The number of anilines is 1. The number of benzene rings is 1. The quantitative estimate of drug-likeness (QED) is 0.927. The minimum atomic E-state index is -0.278. The maximum absolute atomic E-state index is 12.2. The zero-order valence-electron chi connectivity index (χ0n) is 12.4. The van der Waals surface area contributed by atoms with Gasteiger partial charge in [-0.25, -0.2) is 0 Å². The molecule has 2 aromatic rings. The zero-order chi connectivity index (χ0) is 15.6. The van der Waals surface area contributed by atoms with E-state index in [1.807, 2.05) is 13.8 Å². The molecule has 5 nitrogen and oxygen atoms in total. The molecule has 0 aliphatic carbocycles. The Morgan fingerprint density at radius 3 is 2.62 bits per heavy atom. The summed E-state index contributed by atoms with van der Waals surface area (Å²) in [5.74, 6) is 0.790. The summed E-state index contributed by atoms with van der Waals surface area (Å²) in [6, 6.07) is 5.11. The van der Waals surface area contributed by atoms with Crippen molar-refractivity contribution < 1.29 is 14.1 Å². The molecule has 0 bridgehead atoms. The lowest BCUT2D eigenvalue weighted by atomic mass is 10.2. The van der Waals surface area contributed by atoms with Crippen LogP contribution >= 0.6 is 11.6 Å². The van der Waals surface area contributed by atoms with Crippen LogP contribution in [0, 0.1) is 13.8 Å². The first-order chi connectivity index (χ1) is 9.88. The number of ether oxygens (including phenoxy) is 1. The van der Waals surface area contributed by atoms with Crippen LogP contribution in [-0.2, 0) is 0 Å². The standard InChI is InChI=1S/C15H17ClN2O3/c1-8(2)20-13-6-5-11(7-12(13)16)17-15(19)14-9(3)18-21-10(14)4/h5-8H,1-4H3,(H,17,19). The minimum absolute atomic E-state index is 0.0326. The largest absolute Gasteiger partial charge is 0.489 e. The number of aromatic nitrogens is 1. The van der Waals surface area contributed by atoms with Crippen LogP contribution in [-0.4, -0.2) is 17.2 Å². The van der Waals surface area contributed by atoms with Gasteiger partial charge < -0.3 is 14.6 Å². The Hall–Kier alpha value is -2.01. The van der Waals surface area contributed by atoms with Crippen molar-refractivity contribution in [2.45, 2.75) is 33.8 Å². The van der Waals surface area contributed by atoms with E-state index in [9.17, 15) is 4.79 Å². The van der Waals surface area contributed by atoms with E-state index in [-0.39, 0.29) is 12.0 Å². The van der Waals surface area contributed by atoms with Crippen molar-refractivity contribution in [3.05, 3.63) is 40.2 Å². The van der Waals surface area contributed by atoms with Crippen molar-refractivity contribution in [1.82, 2.24) is 5.16 Å². The third-order valence-corrected chi connectivity index (χ3v) is 3.11. The smallest absolute Gasteiger partial charge is 0.261 e. The second-order valence-corrected chi connectivity index (χ2v) is 5.37. The summed E-state index contributed by atoms with van der Waals surface area (Å²) in [6.45, 7) is 7.26. The van der Waals surface area contributed by atoms with Crippen molar-refractivity contribution in [2.24, 2.45) is 0 Å². The maximum Gasteiger partial charge on any atom is 0.261 e. The van der Waals surface area contributed by atoms with E-state index in [0.29, 0.717) is 33.5 Å². The van der Waals surface area contributed by atoms with Crippen LogP contribution in [0.5, 0.6) is 5.75 Å². The highest BCUT2D eigenvalue weighted by Gasteiger charge is 2.18. The number of carbonyl (C=O) groups is 1. The van der Waals surface area contributed by atoms with Crippen molar-refractivity contribution in [3.8, 4) is 5.75 Å². The molecular formula is C15H17ClN2O3. The average Bonchev–Trinajstić information content (AvgIpc) is 2.72. The monoisotopic (exact) mass is 308 g/mol. The van der Waals surface area contributed by atoms with Gasteiger partial charge in [0.15, 0.2) is 0 Å². The SMILES string of the molecule is Cc1noc(C)c1C(=O)Nc1ccc(OC(C)C)c(Cl)c1. The molecule has 112 valence electrons. The Morgan fingerprint density at radius 2 is 2.10 bits per heavy atom. The van der Waals surface area contributed by atoms with Gasteiger partial charge in [0.2, 0.25) is 0 Å². The molecule has 0 fully saturated rings. The summed E-state index contributed by atoms with van der Waals surface area (Å²) in [5, 5.41) is 6.97. The van der Waals surface area contributed by atoms with Gasteiger partial charge in [-0.1, -0.05) is 16.8 Å². The van der Waals surface area contributed by atoms with E-state index in [1.165, 1.54) is 0 Å². The summed E-state index contributed by atoms with van der Waals surface area (Å²) >= 11 is 6.14. The fraction of sp³-hybridized carbons (Fsp3) is 0.333. The molecule has 2 rings (SSSR count). The molecule has 0 spiro atoms. The molecule has 1 aromatic carbocycles. The molecule has 0 saturated carbocycles. The van der Waals surface area contributed by atoms with E-state index in [2.05, 4.69) is 10.5 Å². The van der Waals surface area contributed by atoms with Crippen LogP contribution < -0.4 is 10.1 Å². The number of rotatable bonds is 4. The van der Waals surface area contributed by atoms with Crippen LogP contribution in [0.25, 0.3) is 0 Å². The van der Waals surface area contributed by atoms with Gasteiger partial charge in [0.1, 0.15) is 17.1 Å². The number of hydrogen-bond acceptors (Lipinski definition) is 4. The van der Waals surface area contributed by atoms with Crippen molar-refractivity contribution in [3.63, 3.8) is 0 Å². The molecule has 0 saturated heterocycles. The van der Waals surface area contributed by atoms with E-state index in [4.69, 9.17) is 20.9 Å². The molecule has 0 aliphatic rings. The predicted molar refractivity (Wildman–Crippen MR) is 81.1 cm³/mol. The first-order valence-corrected chi connectivity index (χ1v) is 6.96. The fourth-order valence-electron chi connectivity index (χ4n) is 1.93. The molecule has 1 aromatic heterocycles. The number of amides is 1. The summed E-state index contributed by atoms with van der Waals surface area (Å²) in [6.07, 6.45) is 0.0326. The first-order valence-electron chi connectivity index (χ1n) is 6.59. The number of hydrogen-bond donors (Lipinski definition) is 1. The van der Waals surface area contributed by atoms with Crippen LogP contribution in [0.15, 0.2) is 22.7 Å². The Balaban J connectivity index is 2.17. The highest BCUT2D eigenvalue weighted by molar-refractivity contribution is 6.32. The summed E-state index contributed by atoms with van der Waals surface area (Å²) in [7, 11) is 0. The Morgan fingerprint density at radius 1 is 1.38 bits per heavy atom. The predicted octanol–water partition coefficient (Wildman–Crippen LogP) is 3.98. The number of nitrogens with zero attached hydrogens (tertiary/aromatic N) is 1. The van der Waals surface area contributed by atoms with Gasteiger partial charge in [-0.15, -0.1) is 0 Å². The fourth-order valence-corrected chi connectivity index (χ4v) is 2.15. The Kier molecular flexibility index (Phi) is 4.53. The molecule has 0 unspecified atom stereocenters. The average molecular weight is 309 g/mol. The van der Waals surface area contributed by atoms with Crippen molar-refractivity contribution >= 4 is 23.2 Å². The van der Waals surface area contributed by atoms with Gasteiger partial charge in [0.05, 0.1) is 16.8 Å². The lowest BCUT2D eigenvalue weighted by Crippen LogP contribution is -2.13. The number of carbonyl (C=O) groups excluding carboxylic acids is 1. The normalized spacial score (nSPS) is 10.8. The number of halogens is 1. The third kappa shape index (κ3) is 3.55. The summed E-state index contributed by atoms with van der Waals surface area (Å²) < 4.78 is 10.5. The number of nitrogens with one attached hydrogen (secondary N) is 1. The van der Waals surface area contributed by atoms with Gasteiger partial charge >= 0.3 is 0 Å². The molecule has 0 aliphatic heterocycles. The molecule has 0 radical (unpaired) electrons. The Labute approximate surface area is 128 Å². The highest BCUT2D eigenvalue weighted by atomic mass is 35.5. The third-order valence-electron chi connectivity index (χ3n) is 2.81. The van der Waals surface area contributed by atoms with E-state index in [1.54, 1.807) is 32.0 Å². The second kappa shape index (κ2) is 6.18. The molecule has 21 heavy (non-hydrogen) atoms. The number of aryl methyl sites for hydroxylation is 2. The van der Waals surface area contributed by atoms with E-state index >= 15 is 0 Å². The molecule has 1 N–H and O–H groups in total. The lowest BCUT2D eigenvalue weighted by Gasteiger charge is -2.12. The first kappa shape index (κ1) is 15.4. The second-order valence-electron chi connectivity index (χ2n) is 4.97. The van der Waals surface area contributed by atoms with Crippen LogP contribution in [0.3, 0.4) is 0 Å². The molecule has 1 amide bonds. The van der Waals surface area contributed by atoms with Crippen LogP contribution in [0.4, 0.5) is 5.69 Å². The topological polar surface area (TPSA) is 64.4 Å². The summed E-state index contributed by atoms with van der Waals surface area (Å²) in [4.78, 5) is 12.2. The van der Waals surface area contributed by atoms with Crippen molar-refractivity contribution in [2.75, 3.05) is 5.32 Å². The van der Waals surface area contributed by atoms with Gasteiger partial charge in [-0.2, -0.15) is 0 Å². The van der Waals surface area contributed by atoms with Gasteiger partial charge in [0.25, 0.3) is 5.91 Å². The van der Waals surface area contributed by atoms with E-state index < -0.39 is 0 Å². The lowest BCUT2D eigenvalue weighted by molar-refractivity contribution is 0.102. The van der Waals surface area contributed by atoms with Gasteiger partial charge in [-0.05, 0) is 45.9 Å². The molecule has 0 atom stereocenters. The highest BCUT2D eigenvalue weighted by Crippen LogP contribution is 2.29. The van der Waals surface area contributed by atoms with Crippen LogP contribution in [0.1, 0.15) is 35.7 Å². The van der Waals surface area contributed by atoms with Crippen LogP contribution in [0.2, 0.25) is 5.02 Å². The van der Waals surface area contributed by atoms with Gasteiger partial charge in [-0.3, -0.25) is 4.79 Å². The molecule has 1 heterocycles.